The van der Waals surface area contributed by atoms with Gasteiger partial charge in [-0.05, 0) is 64.0 Å². The Morgan fingerprint density at radius 1 is 1.18 bits per heavy atom. The Bertz CT molecular complexity index is 701. The zero-order valence-electron chi connectivity index (χ0n) is 12.3. The van der Waals surface area contributed by atoms with Crippen LogP contribution in [-0.2, 0) is 13.0 Å². The number of fused-ring (bicyclic) bond motifs is 2. The molecule has 1 N–H and O–H groups in total. The van der Waals surface area contributed by atoms with E-state index < -0.39 is 0 Å². The Labute approximate surface area is 138 Å². The van der Waals surface area contributed by atoms with Crippen LogP contribution in [0.1, 0.15) is 35.6 Å². The maximum absolute atomic E-state index is 5.49. The minimum atomic E-state index is 0.306. The molecular weight excluding hydrogens is 342 g/mol. The van der Waals surface area contributed by atoms with Crippen LogP contribution in [0.2, 0.25) is 0 Å². The van der Waals surface area contributed by atoms with Gasteiger partial charge in [0, 0.05) is 12.6 Å². The lowest BCUT2D eigenvalue weighted by molar-refractivity contribution is 0.173. The molecule has 1 aliphatic carbocycles. The van der Waals surface area contributed by atoms with E-state index in [0.717, 1.165) is 22.5 Å². The first-order valence-electron chi connectivity index (χ1n) is 7.70. The predicted molar refractivity (Wildman–Crippen MR) is 89.2 cm³/mol. The molecule has 2 aromatic carbocycles. The highest BCUT2D eigenvalue weighted by Gasteiger charge is 2.21. The van der Waals surface area contributed by atoms with Crippen LogP contribution < -0.4 is 14.8 Å². The smallest absolute Gasteiger partial charge is 0.231 e. The van der Waals surface area contributed by atoms with Gasteiger partial charge < -0.3 is 14.8 Å². The summed E-state index contributed by atoms with van der Waals surface area (Å²) in [5.74, 6) is 1.64. The van der Waals surface area contributed by atoms with Crippen LogP contribution in [0, 0.1) is 0 Å². The van der Waals surface area contributed by atoms with Crippen molar-refractivity contribution >= 4 is 15.9 Å². The van der Waals surface area contributed by atoms with Crippen LogP contribution in [-0.4, -0.2) is 6.79 Å². The first kappa shape index (κ1) is 14.1. The molecule has 4 heteroatoms. The summed E-state index contributed by atoms with van der Waals surface area (Å²) in [7, 11) is 0. The monoisotopic (exact) mass is 359 g/mol. The van der Waals surface area contributed by atoms with Gasteiger partial charge in [-0.3, -0.25) is 0 Å². The third-order valence-corrected chi connectivity index (χ3v) is 5.00. The zero-order valence-corrected chi connectivity index (χ0v) is 13.9. The second-order valence-corrected chi connectivity index (χ2v) is 6.69. The summed E-state index contributed by atoms with van der Waals surface area (Å²) < 4.78 is 11.9. The first-order valence-corrected chi connectivity index (χ1v) is 8.50. The van der Waals surface area contributed by atoms with Crippen molar-refractivity contribution in [2.24, 2.45) is 0 Å². The Morgan fingerprint density at radius 2 is 2.09 bits per heavy atom. The molecule has 0 radical (unpaired) electrons. The second-order valence-electron chi connectivity index (χ2n) is 5.84. The number of hydrogen-bond donors (Lipinski definition) is 1. The Kier molecular flexibility index (Phi) is 3.80. The van der Waals surface area contributed by atoms with Gasteiger partial charge in [0.05, 0.1) is 4.47 Å². The molecule has 1 aliphatic heterocycles. The number of benzene rings is 2. The van der Waals surface area contributed by atoms with Gasteiger partial charge in [0.1, 0.15) is 0 Å². The zero-order chi connectivity index (χ0) is 14.9. The Hall–Kier alpha value is -1.52. The predicted octanol–water partition coefficient (Wildman–Crippen LogP) is 4.35. The fourth-order valence-electron chi connectivity index (χ4n) is 3.33. The summed E-state index contributed by atoms with van der Waals surface area (Å²) in [6, 6.07) is 13.4. The highest BCUT2D eigenvalue weighted by atomic mass is 79.9. The summed E-state index contributed by atoms with van der Waals surface area (Å²) in [6.07, 6.45) is 3.65. The number of hydrogen-bond acceptors (Lipinski definition) is 3. The van der Waals surface area contributed by atoms with Gasteiger partial charge in [-0.15, -0.1) is 0 Å². The summed E-state index contributed by atoms with van der Waals surface area (Å²) in [6.45, 7) is 1.13. The number of aryl methyl sites for hydroxylation is 1. The largest absolute Gasteiger partial charge is 0.454 e. The fourth-order valence-corrected chi connectivity index (χ4v) is 3.93. The number of rotatable bonds is 3. The number of nitrogens with one attached hydrogen (secondary N) is 1. The first-order chi connectivity index (χ1) is 10.8. The highest BCUT2D eigenvalue weighted by molar-refractivity contribution is 9.10. The molecule has 2 aromatic rings. The van der Waals surface area contributed by atoms with Crippen molar-refractivity contribution in [2.75, 3.05) is 6.79 Å². The second kappa shape index (κ2) is 5.94. The molecule has 0 saturated heterocycles. The maximum Gasteiger partial charge on any atom is 0.231 e. The molecule has 0 fully saturated rings. The standard InChI is InChI=1S/C18H18BrNO2/c19-15-8-12(9-17-18(15)22-11-21-17)10-20-16-7-3-5-13-4-1-2-6-14(13)16/h1-2,4,6,8-9,16,20H,3,5,7,10-11H2. The topological polar surface area (TPSA) is 30.5 Å². The molecule has 114 valence electrons. The lowest BCUT2D eigenvalue weighted by Gasteiger charge is -2.26. The summed E-state index contributed by atoms with van der Waals surface area (Å²) >= 11 is 3.56. The van der Waals surface area contributed by atoms with Crippen LogP contribution in [0.4, 0.5) is 0 Å². The van der Waals surface area contributed by atoms with Crippen LogP contribution in [0.5, 0.6) is 11.5 Å². The van der Waals surface area contributed by atoms with E-state index in [1.54, 1.807) is 0 Å². The van der Waals surface area contributed by atoms with Crippen LogP contribution >= 0.6 is 15.9 Å². The van der Waals surface area contributed by atoms with E-state index in [1.165, 1.54) is 36.0 Å². The molecule has 0 bridgehead atoms. The van der Waals surface area contributed by atoms with Crippen molar-refractivity contribution in [3.63, 3.8) is 0 Å². The van der Waals surface area contributed by atoms with E-state index in [9.17, 15) is 0 Å². The van der Waals surface area contributed by atoms with Gasteiger partial charge in [-0.2, -0.15) is 0 Å². The molecule has 4 rings (SSSR count). The van der Waals surface area contributed by atoms with E-state index in [1.807, 2.05) is 0 Å². The molecule has 0 spiro atoms. The van der Waals surface area contributed by atoms with Crippen molar-refractivity contribution in [2.45, 2.75) is 31.8 Å². The average Bonchev–Trinajstić information content (AvgIpc) is 3.02. The van der Waals surface area contributed by atoms with E-state index in [2.05, 4.69) is 57.6 Å². The molecule has 3 nitrogen and oxygen atoms in total. The summed E-state index contributed by atoms with van der Waals surface area (Å²) in [5, 5.41) is 3.70. The number of halogens is 1. The van der Waals surface area contributed by atoms with E-state index >= 15 is 0 Å². The minimum absolute atomic E-state index is 0.306. The molecule has 1 atom stereocenters. The van der Waals surface area contributed by atoms with Crippen LogP contribution in [0.15, 0.2) is 40.9 Å². The van der Waals surface area contributed by atoms with Gasteiger partial charge in [-0.1, -0.05) is 24.3 Å². The minimum Gasteiger partial charge on any atom is -0.454 e. The third-order valence-electron chi connectivity index (χ3n) is 4.41. The lowest BCUT2D eigenvalue weighted by atomic mass is 9.87. The molecule has 2 aliphatic rings. The molecule has 22 heavy (non-hydrogen) atoms. The van der Waals surface area contributed by atoms with Crippen LogP contribution in [0.3, 0.4) is 0 Å². The highest BCUT2D eigenvalue weighted by Crippen LogP contribution is 2.40. The molecule has 1 heterocycles. The Balaban J connectivity index is 1.51. The summed E-state index contributed by atoms with van der Waals surface area (Å²) in [4.78, 5) is 0. The molecule has 0 amide bonds. The Morgan fingerprint density at radius 3 is 3.05 bits per heavy atom. The van der Waals surface area contributed by atoms with Gasteiger partial charge in [-0.25, -0.2) is 0 Å². The number of ether oxygens (including phenoxy) is 2. The van der Waals surface area contributed by atoms with Gasteiger partial charge in [0.15, 0.2) is 11.5 Å². The van der Waals surface area contributed by atoms with Gasteiger partial charge in [0.2, 0.25) is 6.79 Å². The van der Waals surface area contributed by atoms with Crippen molar-refractivity contribution in [3.05, 3.63) is 57.6 Å². The van der Waals surface area contributed by atoms with E-state index in [4.69, 9.17) is 9.47 Å². The quantitative estimate of drug-likeness (QED) is 0.883. The van der Waals surface area contributed by atoms with Gasteiger partial charge >= 0.3 is 0 Å². The van der Waals surface area contributed by atoms with Crippen LogP contribution in [0.25, 0.3) is 0 Å². The van der Waals surface area contributed by atoms with Crippen molar-refractivity contribution < 1.29 is 9.47 Å². The fraction of sp³-hybridized carbons (Fsp3) is 0.333. The maximum atomic E-state index is 5.49. The van der Waals surface area contributed by atoms with Crippen molar-refractivity contribution in [3.8, 4) is 11.5 Å². The molecule has 0 saturated carbocycles. The molecule has 0 aromatic heterocycles. The van der Waals surface area contributed by atoms with Crippen molar-refractivity contribution in [1.29, 1.82) is 0 Å². The van der Waals surface area contributed by atoms with Crippen molar-refractivity contribution in [1.82, 2.24) is 5.32 Å². The van der Waals surface area contributed by atoms with Gasteiger partial charge in [0.25, 0.3) is 0 Å². The molecular formula is C18H18BrNO2. The SMILES string of the molecule is Brc1cc(CNC2CCCc3ccccc32)cc2c1OCO2. The third kappa shape index (κ3) is 2.61. The lowest BCUT2D eigenvalue weighted by Crippen LogP contribution is -2.24. The average molecular weight is 360 g/mol. The van der Waals surface area contributed by atoms with E-state index in [0.29, 0.717) is 12.8 Å². The van der Waals surface area contributed by atoms with E-state index in [-0.39, 0.29) is 0 Å². The summed E-state index contributed by atoms with van der Waals surface area (Å²) in [5.41, 5.74) is 4.14. The molecule has 1 unspecified atom stereocenters. The normalized spacial score (nSPS) is 19.0.